The number of rotatable bonds is 9. The predicted molar refractivity (Wildman–Crippen MR) is 140 cm³/mol. The van der Waals surface area contributed by atoms with Crippen molar-refractivity contribution in [2.45, 2.75) is 32.1 Å². The molecular weight excluding hydrogens is 486 g/mol. The number of carbonyl (C=O) groups is 1. The number of hydrogen-bond donors (Lipinski definition) is 2. The van der Waals surface area contributed by atoms with Crippen molar-refractivity contribution in [3.63, 3.8) is 0 Å². The molecule has 35 heavy (non-hydrogen) atoms. The van der Waals surface area contributed by atoms with Crippen LogP contribution in [0.25, 0.3) is 0 Å². The minimum Gasteiger partial charge on any atom is -0.325 e. The number of anilines is 3. The lowest BCUT2D eigenvalue weighted by molar-refractivity contribution is -0.114. The van der Waals surface area contributed by atoms with Crippen LogP contribution in [0.1, 0.15) is 23.6 Å². The highest BCUT2D eigenvalue weighted by Crippen LogP contribution is 2.24. The molecule has 0 unspecified atom stereocenters. The standard InChI is InChI=1S/C25H29N3O5S2/c1-5-20-8-6-7-9-24(20)28(34(4,30)31)17-25(29)26-21-12-14-23(15-13-21)35(32,33)27-22-11-10-18(2)19(3)16-22/h6-16,27H,5,17H2,1-4H3,(H,26,29). The van der Waals surface area contributed by atoms with E-state index in [1.165, 1.54) is 24.3 Å². The summed E-state index contributed by atoms with van der Waals surface area (Å²) in [6, 6.07) is 18.0. The Balaban J connectivity index is 1.73. The molecule has 8 nitrogen and oxygen atoms in total. The molecule has 0 aromatic heterocycles. The first-order chi connectivity index (χ1) is 16.4. The number of aryl methyl sites for hydroxylation is 3. The van der Waals surface area contributed by atoms with Gasteiger partial charge in [-0.2, -0.15) is 0 Å². The highest BCUT2D eigenvalue weighted by Gasteiger charge is 2.23. The van der Waals surface area contributed by atoms with E-state index >= 15 is 0 Å². The molecule has 1 amide bonds. The van der Waals surface area contributed by atoms with Crippen molar-refractivity contribution in [2.75, 3.05) is 27.1 Å². The second-order valence-corrected chi connectivity index (χ2v) is 11.8. The van der Waals surface area contributed by atoms with Crippen molar-refractivity contribution in [2.24, 2.45) is 0 Å². The molecule has 3 aromatic rings. The van der Waals surface area contributed by atoms with E-state index in [0.717, 1.165) is 27.3 Å². The van der Waals surface area contributed by atoms with Gasteiger partial charge in [-0.3, -0.25) is 13.8 Å². The summed E-state index contributed by atoms with van der Waals surface area (Å²) in [4.78, 5) is 12.7. The van der Waals surface area contributed by atoms with Gasteiger partial charge in [0.05, 0.1) is 16.8 Å². The number of nitrogens with zero attached hydrogens (tertiary/aromatic N) is 1. The van der Waals surface area contributed by atoms with E-state index in [1.54, 1.807) is 24.3 Å². The maximum Gasteiger partial charge on any atom is 0.261 e. The zero-order valence-corrected chi connectivity index (χ0v) is 21.7. The Labute approximate surface area is 207 Å². The number of nitrogens with one attached hydrogen (secondary N) is 2. The summed E-state index contributed by atoms with van der Waals surface area (Å²) in [7, 11) is -7.54. The van der Waals surface area contributed by atoms with Crippen LogP contribution in [0.3, 0.4) is 0 Å². The predicted octanol–water partition coefficient (Wildman–Crippen LogP) is 4.07. The van der Waals surface area contributed by atoms with E-state index in [0.29, 0.717) is 23.5 Å². The van der Waals surface area contributed by atoms with Crippen molar-refractivity contribution in [1.29, 1.82) is 0 Å². The fourth-order valence-electron chi connectivity index (χ4n) is 3.50. The summed E-state index contributed by atoms with van der Waals surface area (Å²) in [6.07, 6.45) is 1.66. The number of sulfonamides is 2. The van der Waals surface area contributed by atoms with Gasteiger partial charge in [0.1, 0.15) is 6.54 Å². The smallest absolute Gasteiger partial charge is 0.261 e. The first kappa shape index (κ1) is 26.2. The third-order valence-electron chi connectivity index (χ3n) is 5.54. The van der Waals surface area contributed by atoms with Crippen LogP contribution in [-0.2, 0) is 31.3 Å². The molecule has 0 radical (unpaired) electrons. The highest BCUT2D eigenvalue weighted by molar-refractivity contribution is 7.92. The van der Waals surface area contributed by atoms with Gasteiger partial charge >= 0.3 is 0 Å². The molecule has 0 bridgehead atoms. The van der Waals surface area contributed by atoms with E-state index in [4.69, 9.17) is 0 Å². The summed E-state index contributed by atoms with van der Waals surface area (Å²) in [5.74, 6) is -0.551. The molecule has 186 valence electrons. The maximum absolute atomic E-state index is 12.7. The molecule has 0 fully saturated rings. The second-order valence-electron chi connectivity index (χ2n) is 8.23. The molecule has 0 aliphatic heterocycles. The summed E-state index contributed by atoms with van der Waals surface area (Å²) in [6.45, 7) is 5.34. The average Bonchev–Trinajstić information content (AvgIpc) is 2.79. The topological polar surface area (TPSA) is 113 Å². The van der Waals surface area contributed by atoms with Crippen molar-refractivity contribution >= 4 is 43.0 Å². The highest BCUT2D eigenvalue weighted by atomic mass is 32.2. The quantitative estimate of drug-likeness (QED) is 0.446. The third kappa shape index (κ3) is 6.61. The fraction of sp³-hybridized carbons (Fsp3) is 0.240. The van der Waals surface area contributed by atoms with E-state index in [9.17, 15) is 21.6 Å². The summed E-state index contributed by atoms with van der Waals surface area (Å²) in [5, 5.41) is 2.63. The van der Waals surface area contributed by atoms with Gasteiger partial charge in [0.15, 0.2) is 0 Å². The maximum atomic E-state index is 12.7. The zero-order chi connectivity index (χ0) is 25.8. The monoisotopic (exact) mass is 515 g/mol. The van der Waals surface area contributed by atoms with Gasteiger partial charge in [-0.15, -0.1) is 0 Å². The summed E-state index contributed by atoms with van der Waals surface area (Å²) < 4.78 is 53.9. The molecule has 0 aliphatic rings. The Kier molecular flexibility index (Phi) is 7.86. The summed E-state index contributed by atoms with van der Waals surface area (Å²) in [5.41, 5.74) is 4.08. The minimum atomic E-state index is -3.82. The SMILES string of the molecule is CCc1ccccc1N(CC(=O)Nc1ccc(S(=O)(=O)Nc2ccc(C)c(C)c2)cc1)S(C)(=O)=O. The van der Waals surface area contributed by atoms with Crippen LogP contribution >= 0.6 is 0 Å². The molecule has 0 spiro atoms. The first-order valence-electron chi connectivity index (χ1n) is 11.0. The molecule has 10 heteroatoms. The number of carbonyl (C=O) groups excluding carboxylic acids is 1. The van der Waals surface area contributed by atoms with Crippen LogP contribution < -0.4 is 14.3 Å². The first-order valence-corrected chi connectivity index (χ1v) is 14.3. The molecule has 0 atom stereocenters. The van der Waals surface area contributed by atoms with Crippen LogP contribution in [0.15, 0.2) is 71.6 Å². The van der Waals surface area contributed by atoms with Crippen LogP contribution in [0.2, 0.25) is 0 Å². The van der Waals surface area contributed by atoms with Crippen molar-refractivity contribution < 1.29 is 21.6 Å². The van der Waals surface area contributed by atoms with E-state index < -0.39 is 32.5 Å². The summed E-state index contributed by atoms with van der Waals surface area (Å²) >= 11 is 0. The van der Waals surface area contributed by atoms with Crippen LogP contribution in [0, 0.1) is 13.8 Å². The van der Waals surface area contributed by atoms with Gasteiger partial charge in [0.25, 0.3) is 10.0 Å². The lowest BCUT2D eigenvalue weighted by Crippen LogP contribution is -2.38. The van der Waals surface area contributed by atoms with Crippen LogP contribution in [-0.4, -0.2) is 35.5 Å². The zero-order valence-electron chi connectivity index (χ0n) is 20.1. The van der Waals surface area contributed by atoms with Gasteiger partial charge < -0.3 is 5.32 Å². The molecular formula is C25H29N3O5S2. The molecule has 2 N–H and O–H groups in total. The van der Waals surface area contributed by atoms with E-state index in [1.807, 2.05) is 39.0 Å². The molecule has 3 aromatic carbocycles. The Bertz CT molecular complexity index is 1430. The lowest BCUT2D eigenvalue weighted by Gasteiger charge is -2.24. The van der Waals surface area contributed by atoms with Gasteiger partial charge in [0, 0.05) is 11.4 Å². The number of amides is 1. The second kappa shape index (κ2) is 10.5. The molecule has 3 rings (SSSR count). The molecule has 0 heterocycles. The lowest BCUT2D eigenvalue weighted by atomic mass is 10.1. The van der Waals surface area contributed by atoms with E-state index in [2.05, 4.69) is 10.0 Å². The minimum absolute atomic E-state index is 0.0309. The van der Waals surface area contributed by atoms with Gasteiger partial charge in [-0.05, 0) is 79.4 Å². The average molecular weight is 516 g/mol. The van der Waals surface area contributed by atoms with Crippen molar-refractivity contribution in [3.8, 4) is 0 Å². The van der Waals surface area contributed by atoms with Gasteiger partial charge in [-0.1, -0.05) is 31.2 Å². The number of para-hydroxylation sites is 1. The van der Waals surface area contributed by atoms with Crippen LogP contribution in [0.4, 0.5) is 17.1 Å². The Morgan fingerprint density at radius 2 is 1.49 bits per heavy atom. The normalized spacial score (nSPS) is 11.7. The molecule has 0 saturated heterocycles. The largest absolute Gasteiger partial charge is 0.325 e. The van der Waals surface area contributed by atoms with Crippen LogP contribution in [0.5, 0.6) is 0 Å². The Morgan fingerprint density at radius 1 is 0.857 bits per heavy atom. The number of benzene rings is 3. The van der Waals surface area contributed by atoms with E-state index in [-0.39, 0.29) is 4.90 Å². The van der Waals surface area contributed by atoms with Gasteiger partial charge in [-0.25, -0.2) is 16.8 Å². The fourth-order valence-corrected chi connectivity index (χ4v) is 5.44. The number of hydrogen-bond acceptors (Lipinski definition) is 5. The Hall–Kier alpha value is -3.37. The third-order valence-corrected chi connectivity index (χ3v) is 8.06. The Morgan fingerprint density at radius 3 is 2.09 bits per heavy atom. The van der Waals surface area contributed by atoms with Crippen molar-refractivity contribution in [1.82, 2.24) is 0 Å². The van der Waals surface area contributed by atoms with Gasteiger partial charge in [0.2, 0.25) is 15.9 Å². The van der Waals surface area contributed by atoms with Crippen molar-refractivity contribution in [3.05, 3.63) is 83.4 Å². The molecule has 0 saturated carbocycles. The molecule has 0 aliphatic carbocycles.